The van der Waals surface area contributed by atoms with Crippen molar-refractivity contribution in [2.45, 2.75) is 44.0 Å². The summed E-state index contributed by atoms with van der Waals surface area (Å²) in [7, 11) is -3.59. The Hall–Kier alpha value is -0.780. The molecule has 6 heteroatoms. The molecule has 19 heavy (non-hydrogen) atoms. The molecule has 1 fully saturated rings. The second kappa shape index (κ2) is 4.65. The molecule has 0 aromatic heterocycles. The third kappa shape index (κ3) is 2.47. The molecule has 106 valence electrons. The first-order chi connectivity index (χ1) is 8.66. The van der Waals surface area contributed by atoms with Gasteiger partial charge in [-0.1, -0.05) is 11.6 Å². The summed E-state index contributed by atoms with van der Waals surface area (Å²) in [4.78, 5) is 0.104. The lowest BCUT2D eigenvalue weighted by Crippen LogP contribution is -2.42. The Morgan fingerprint density at radius 3 is 2.53 bits per heavy atom. The van der Waals surface area contributed by atoms with Crippen molar-refractivity contribution < 1.29 is 8.42 Å². The van der Waals surface area contributed by atoms with Crippen molar-refractivity contribution in [3.63, 3.8) is 0 Å². The Morgan fingerprint density at radius 2 is 2.00 bits per heavy atom. The zero-order chi connectivity index (χ0) is 14.4. The number of sulfonamides is 1. The monoisotopic (exact) mass is 302 g/mol. The maximum atomic E-state index is 12.7. The minimum atomic E-state index is -3.59. The molecule has 0 radical (unpaired) electrons. The van der Waals surface area contributed by atoms with E-state index in [9.17, 15) is 8.42 Å². The zero-order valence-corrected chi connectivity index (χ0v) is 13.0. The standard InChI is InChI=1S/C13H19ClN2O2S/c1-9-7-10(14)12(8-11(9)15)19(17,18)16-6-4-5-13(16,2)3/h7-8H,4-6,15H2,1-3H3. The number of nitrogens with zero attached hydrogens (tertiary/aromatic N) is 1. The van der Waals surface area contributed by atoms with E-state index in [1.807, 2.05) is 13.8 Å². The van der Waals surface area contributed by atoms with Gasteiger partial charge >= 0.3 is 0 Å². The third-order valence-corrected chi connectivity index (χ3v) is 6.29. The summed E-state index contributed by atoms with van der Waals surface area (Å²) in [6.45, 7) is 6.20. The number of rotatable bonds is 2. The van der Waals surface area contributed by atoms with Crippen LogP contribution in [-0.4, -0.2) is 24.8 Å². The summed E-state index contributed by atoms with van der Waals surface area (Å²) >= 11 is 6.10. The molecule has 1 aliphatic rings. The highest BCUT2D eigenvalue weighted by Gasteiger charge is 2.41. The first-order valence-electron chi connectivity index (χ1n) is 6.25. The van der Waals surface area contributed by atoms with Gasteiger partial charge in [0.25, 0.3) is 0 Å². The number of hydrogen-bond acceptors (Lipinski definition) is 3. The highest BCUT2D eigenvalue weighted by atomic mass is 35.5. The van der Waals surface area contributed by atoms with Crippen LogP contribution in [0.4, 0.5) is 5.69 Å². The molecule has 0 atom stereocenters. The van der Waals surface area contributed by atoms with Gasteiger partial charge in [0.2, 0.25) is 10.0 Å². The molecule has 1 saturated heterocycles. The molecule has 2 N–H and O–H groups in total. The molecule has 0 unspecified atom stereocenters. The van der Waals surface area contributed by atoms with Crippen molar-refractivity contribution in [3.05, 3.63) is 22.7 Å². The van der Waals surface area contributed by atoms with Crippen LogP contribution in [0.15, 0.2) is 17.0 Å². The third-order valence-electron chi connectivity index (χ3n) is 3.71. The van der Waals surface area contributed by atoms with Crippen molar-refractivity contribution >= 4 is 27.3 Å². The van der Waals surface area contributed by atoms with Crippen LogP contribution in [0.2, 0.25) is 5.02 Å². The smallest absolute Gasteiger partial charge is 0.245 e. The Kier molecular flexibility index (Phi) is 3.58. The van der Waals surface area contributed by atoms with Crippen LogP contribution in [-0.2, 0) is 10.0 Å². The highest BCUT2D eigenvalue weighted by Crippen LogP contribution is 2.37. The molecule has 4 nitrogen and oxygen atoms in total. The summed E-state index contributed by atoms with van der Waals surface area (Å²) < 4.78 is 27.0. The van der Waals surface area contributed by atoms with Crippen molar-refractivity contribution in [2.75, 3.05) is 12.3 Å². The number of halogens is 1. The lowest BCUT2D eigenvalue weighted by molar-refractivity contribution is 0.292. The highest BCUT2D eigenvalue weighted by molar-refractivity contribution is 7.89. The van der Waals surface area contributed by atoms with Crippen LogP contribution < -0.4 is 5.73 Å². The lowest BCUT2D eigenvalue weighted by Gasteiger charge is -2.31. The van der Waals surface area contributed by atoms with E-state index in [0.717, 1.165) is 18.4 Å². The summed E-state index contributed by atoms with van der Waals surface area (Å²) in [6, 6.07) is 3.06. The fraction of sp³-hybridized carbons (Fsp3) is 0.538. The fourth-order valence-electron chi connectivity index (χ4n) is 2.51. The van der Waals surface area contributed by atoms with Gasteiger partial charge in [-0.25, -0.2) is 8.42 Å². The van der Waals surface area contributed by atoms with Crippen LogP contribution >= 0.6 is 11.6 Å². The van der Waals surface area contributed by atoms with Gasteiger partial charge in [-0.05, 0) is 51.3 Å². The van der Waals surface area contributed by atoms with E-state index >= 15 is 0 Å². The predicted molar refractivity (Wildman–Crippen MR) is 77.8 cm³/mol. The Morgan fingerprint density at radius 1 is 1.37 bits per heavy atom. The van der Waals surface area contributed by atoms with Gasteiger partial charge in [-0.2, -0.15) is 4.31 Å². The van der Waals surface area contributed by atoms with E-state index in [4.69, 9.17) is 17.3 Å². The Labute approximate surface area is 119 Å². The molecule has 2 rings (SSSR count). The number of hydrogen-bond donors (Lipinski definition) is 1. The molecule has 0 saturated carbocycles. The average molecular weight is 303 g/mol. The normalized spacial score (nSPS) is 19.8. The summed E-state index contributed by atoms with van der Waals surface area (Å²) in [5, 5.41) is 0.231. The first-order valence-corrected chi connectivity index (χ1v) is 8.06. The van der Waals surface area contributed by atoms with Gasteiger partial charge in [0, 0.05) is 17.8 Å². The summed E-state index contributed by atoms with van der Waals surface area (Å²) in [5.74, 6) is 0. The number of anilines is 1. The summed E-state index contributed by atoms with van der Waals surface area (Å²) in [5.41, 5.74) is 6.66. The van der Waals surface area contributed by atoms with E-state index in [1.165, 1.54) is 10.4 Å². The van der Waals surface area contributed by atoms with E-state index in [0.29, 0.717) is 12.2 Å². The largest absolute Gasteiger partial charge is 0.398 e. The van der Waals surface area contributed by atoms with Crippen molar-refractivity contribution in [3.8, 4) is 0 Å². The van der Waals surface area contributed by atoms with Gasteiger partial charge in [-0.15, -0.1) is 0 Å². The minimum absolute atomic E-state index is 0.104. The van der Waals surface area contributed by atoms with Crippen molar-refractivity contribution in [1.82, 2.24) is 4.31 Å². The molecule has 0 aliphatic carbocycles. The first kappa shape index (κ1) is 14.6. The van der Waals surface area contributed by atoms with Crippen molar-refractivity contribution in [1.29, 1.82) is 0 Å². The van der Waals surface area contributed by atoms with Crippen LogP contribution in [0.3, 0.4) is 0 Å². The number of benzene rings is 1. The molecular formula is C13H19ClN2O2S. The Bertz CT molecular complexity index is 611. The van der Waals surface area contributed by atoms with Crippen LogP contribution in [0, 0.1) is 6.92 Å². The molecule has 1 aromatic rings. The maximum absolute atomic E-state index is 12.7. The lowest BCUT2D eigenvalue weighted by atomic mass is 10.0. The molecule has 1 aliphatic heterocycles. The summed E-state index contributed by atoms with van der Waals surface area (Å²) in [6.07, 6.45) is 1.72. The number of aryl methyl sites for hydroxylation is 1. The number of nitrogens with two attached hydrogens (primary N) is 1. The van der Waals surface area contributed by atoms with E-state index in [1.54, 1.807) is 13.0 Å². The van der Waals surface area contributed by atoms with Gasteiger partial charge in [0.1, 0.15) is 4.90 Å². The molecular weight excluding hydrogens is 284 g/mol. The maximum Gasteiger partial charge on any atom is 0.245 e. The predicted octanol–water partition coefficient (Wildman–Crippen LogP) is 2.79. The fourth-order valence-corrected chi connectivity index (χ4v) is 4.95. The Balaban J connectivity index is 2.55. The van der Waals surface area contributed by atoms with Gasteiger partial charge in [0.15, 0.2) is 0 Å². The quantitative estimate of drug-likeness (QED) is 0.854. The van der Waals surface area contributed by atoms with Gasteiger partial charge < -0.3 is 5.73 Å². The van der Waals surface area contributed by atoms with E-state index in [2.05, 4.69) is 0 Å². The van der Waals surface area contributed by atoms with E-state index in [-0.39, 0.29) is 15.5 Å². The topological polar surface area (TPSA) is 63.4 Å². The number of nitrogen functional groups attached to an aromatic ring is 1. The SMILES string of the molecule is Cc1cc(Cl)c(S(=O)(=O)N2CCCC2(C)C)cc1N. The van der Waals surface area contributed by atoms with Crippen LogP contribution in [0.25, 0.3) is 0 Å². The van der Waals surface area contributed by atoms with Crippen LogP contribution in [0.5, 0.6) is 0 Å². The van der Waals surface area contributed by atoms with Gasteiger partial charge in [0.05, 0.1) is 5.02 Å². The van der Waals surface area contributed by atoms with Crippen LogP contribution in [0.1, 0.15) is 32.3 Å². The molecule has 0 spiro atoms. The van der Waals surface area contributed by atoms with E-state index < -0.39 is 10.0 Å². The molecule has 0 amide bonds. The molecule has 1 heterocycles. The molecule has 0 bridgehead atoms. The average Bonchev–Trinajstić information content (AvgIpc) is 2.63. The second-order valence-electron chi connectivity index (χ2n) is 5.63. The van der Waals surface area contributed by atoms with Gasteiger partial charge in [-0.3, -0.25) is 0 Å². The minimum Gasteiger partial charge on any atom is -0.398 e. The van der Waals surface area contributed by atoms with Crippen molar-refractivity contribution in [2.24, 2.45) is 0 Å². The molecule has 1 aromatic carbocycles. The zero-order valence-electron chi connectivity index (χ0n) is 11.4. The second-order valence-corrected chi connectivity index (χ2v) is 7.87.